The van der Waals surface area contributed by atoms with Crippen LogP contribution in [0.25, 0.3) is 10.8 Å². The quantitative estimate of drug-likeness (QED) is 0.630. The molecule has 0 saturated carbocycles. The lowest BCUT2D eigenvalue weighted by Gasteiger charge is -2.12. The van der Waals surface area contributed by atoms with Gasteiger partial charge in [-0.1, -0.05) is 24.0 Å². The number of alkyl halides is 1. The molecule has 0 spiro atoms. The monoisotopic (exact) mass is 300 g/mol. The van der Waals surface area contributed by atoms with Crippen LogP contribution in [-0.4, -0.2) is 25.2 Å². The third kappa shape index (κ3) is 3.69. The summed E-state index contributed by atoms with van der Waals surface area (Å²) in [5.74, 6) is 7.14. The molecule has 0 aliphatic carbocycles. The lowest BCUT2D eigenvalue weighted by Crippen LogP contribution is -2.16. The van der Waals surface area contributed by atoms with Gasteiger partial charge < -0.3 is 9.47 Å². The highest BCUT2D eigenvalue weighted by Gasteiger charge is 2.15. The minimum absolute atomic E-state index is 0.244. The van der Waals surface area contributed by atoms with Gasteiger partial charge in [-0.05, 0) is 47.9 Å². The molecule has 1 aliphatic rings. The second-order valence-electron chi connectivity index (χ2n) is 5.11. The molecule has 2 aromatic rings. The van der Waals surface area contributed by atoms with Gasteiger partial charge in [0.2, 0.25) is 0 Å². The lowest BCUT2D eigenvalue weighted by atomic mass is 10.1. The van der Waals surface area contributed by atoms with E-state index in [2.05, 4.69) is 36.1 Å². The van der Waals surface area contributed by atoms with Crippen molar-refractivity contribution in [2.24, 2.45) is 0 Å². The van der Waals surface area contributed by atoms with Gasteiger partial charge in [0, 0.05) is 12.2 Å². The van der Waals surface area contributed by atoms with E-state index in [1.165, 1.54) is 0 Å². The van der Waals surface area contributed by atoms with Crippen LogP contribution in [0.1, 0.15) is 18.4 Å². The number of rotatable bonds is 3. The van der Waals surface area contributed by atoms with Gasteiger partial charge in [-0.2, -0.15) is 0 Å². The van der Waals surface area contributed by atoms with E-state index in [1.54, 1.807) is 0 Å². The van der Waals surface area contributed by atoms with Gasteiger partial charge in [-0.3, -0.25) is 0 Å². The Hall–Kier alpha value is -1.69. The maximum absolute atomic E-state index is 5.82. The van der Waals surface area contributed by atoms with E-state index in [1.807, 2.05) is 12.1 Å². The Labute approximate surface area is 130 Å². The van der Waals surface area contributed by atoms with Gasteiger partial charge in [0.05, 0.1) is 12.0 Å². The van der Waals surface area contributed by atoms with Crippen LogP contribution < -0.4 is 4.74 Å². The Balaban J connectivity index is 1.73. The van der Waals surface area contributed by atoms with Crippen molar-refractivity contribution in [3.8, 4) is 17.6 Å². The Morgan fingerprint density at radius 1 is 1.19 bits per heavy atom. The maximum Gasteiger partial charge on any atom is 0.120 e. The summed E-state index contributed by atoms with van der Waals surface area (Å²) in [6, 6.07) is 12.3. The van der Waals surface area contributed by atoms with E-state index < -0.39 is 0 Å². The largest absolute Gasteiger partial charge is 0.491 e. The van der Waals surface area contributed by atoms with E-state index in [4.69, 9.17) is 21.1 Å². The molecule has 1 atom stereocenters. The van der Waals surface area contributed by atoms with Crippen molar-refractivity contribution in [1.82, 2.24) is 0 Å². The van der Waals surface area contributed by atoms with Gasteiger partial charge in [-0.15, -0.1) is 11.6 Å². The molecule has 1 saturated heterocycles. The second kappa shape index (κ2) is 6.85. The molecule has 3 heteroatoms. The molecule has 1 unspecified atom stereocenters. The van der Waals surface area contributed by atoms with Crippen LogP contribution in [0.15, 0.2) is 36.4 Å². The smallest absolute Gasteiger partial charge is 0.120 e. The van der Waals surface area contributed by atoms with E-state index in [-0.39, 0.29) is 6.10 Å². The molecule has 2 nitrogen and oxygen atoms in total. The molecule has 1 heterocycles. The molecule has 108 valence electrons. The molecule has 0 bridgehead atoms. The average molecular weight is 301 g/mol. The number of ether oxygens (including phenoxy) is 2. The van der Waals surface area contributed by atoms with Crippen LogP contribution in [0.2, 0.25) is 0 Å². The summed E-state index contributed by atoms with van der Waals surface area (Å²) < 4.78 is 11.4. The van der Waals surface area contributed by atoms with Gasteiger partial charge >= 0.3 is 0 Å². The molecule has 1 fully saturated rings. The van der Waals surface area contributed by atoms with Crippen molar-refractivity contribution < 1.29 is 9.47 Å². The third-order valence-electron chi connectivity index (χ3n) is 3.57. The van der Waals surface area contributed by atoms with E-state index in [9.17, 15) is 0 Å². The van der Waals surface area contributed by atoms with Crippen molar-refractivity contribution in [2.45, 2.75) is 18.9 Å². The van der Waals surface area contributed by atoms with Crippen molar-refractivity contribution in [1.29, 1.82) is 0 Å². The van der Waals surface area contributed by atoms with E-state index >= 15 is 0 Å². The number of hydrogen-bond donors (Lipinski definition) is 0. The minimum atomic E-state index is 0.244. The fourth-order valence-electron chi connectivity index (χ4n) is 2.49. The number of fused-ring (bicyclic) bond motifs is 1. The fourth-order valence-corrected chi connectivity index (χ4v) is 2.56. The molecule has 3 rings (SSSR count). The molecule has 21 heavy (non-hydrogen) atoms. The normalized spacial score (nSPS) is 17.5. The first-order valence-corrected chi connectivity index (χ1v) is 7.72. The van der Waals surface area contributed by atoms with E-state index in [0.717, 1.165) is 41.5 Å². The van der Waals surface area contributed by atoms with Crippen molar-refractivity contribution in [2.75, 3.05) is 19.1 Å². The van der Waals surface area contributed by atoms with Crippen molar-refractivity contribution in [3.63, 3.8) is 0 Å². The predicted molar refractivity (Wildman–Crippen MR) is 86.0 cm³/mol. The first-order valence-electron chi connectivity index (χ1n) is 7.18. The van der Waals surface area contributed by atoms with Crippen molar-refractivity contribution >= 4 is 22.4 Å². The number of benzene rings is 2. The molecule has 2 aromatic carbocycles. The van der Waals surface area contributed by atoms with Crippen LogP contribution in [0.5, 0.6) is 5.75 Å². The van der Waals surface area contributed by atoms with Gasteiger partial charge in [0.1, 0.15) is 12.4 Å². The molecular formula is C18H17ClO2. The summed E-state index contributed by atoms with van der Waals surface area (Å²) in [6.45, 7) is 1.49. The second-order valence-corrected chi connectivity index (χ2v) is 5.37. The maximum atomic E-state index is 5.82. The average Bonchev–Trinajstić information content (AvgIpc) is 3.04. The van der Waals surface area contributed by atoms with Crippen LogP contribution >= 0.6 is 11.6 Å². The Kier molecular flexibility index (Phi) is 4.65. The van der Waals surface area contributed by atoms with Gasteiger partial charge in [-0.25, -0.2) is 0 Å². The standard InChI is InChI=1S/C18H17ClO2/c19-9-1-3-14-5-6-16-12-17(8-7-15(16)11-14)21-13-18-4-2-10-20-18/h5-8,11-12,18H,2,4,9-10,13H2. The predicted octanol–water partition coefficient (Wildman–Crippen LogP) is 3.99. The van der Waals surface area contributed by atoms with Crippen LogP contribution in [-0.2, 0) is 4.74 Å². The zero-order chi connectivity index (χ0) is 14.5. The van der Waals surface area contributed by atoms with Crippen LogP contribution in [0, 0.1) is 11.8 Å². The van der Waals surface area contributed by atoms with Crippen molar-refractivity contribution in [3.05, 3.63) is 42.0 Å². The summed E-state index contributed by atoms with van der Waals surface area (Å²) in [4.78, 5) is 0. The van der Waals surface area contributed by atoms with Gasteiger partial charge in [0.15, 0.2) is 0 Å². The van der Waals surface area contributed by atoms with Crippen LogP contribution in [0.4, 0.5) is 0 Å². The Bertz CT molecular complexity index is 678. The Morgan fingerprint density at radius 3 is 2.86 bits per heavy atom. The first kappa shape index (κ1) is 14.3. The number of hydrogen-bond acceptors (Lipinski definition) is 2. The molecule has 0 amide bonds. The zero-order valence-electron chi connectivity index (χ0n) is 11.8. The minimum Gasteiger partial charge on any atom is -0.491 e. The summed E-state index contributed by atoms with van der Waals surface area (Å²) in [7, 11) is 0. The highest BCUT2D eigenvalue weighted by molar-refractivity contribution is 6.19. The molecule has 1 aliphatic heterocycles. The third-order valence-corrected chi connectivity index (χ3v) is 3.70. The summed E-state index contributed by atoms with van der Waals surface area (Å²) in [6.07, 6.45) is 2.47. The molecule has 0 N–H and O–H groups in total. The summed E-state index contributed by atoms with van der Waals surface area (Å²) in [5.41, 5.74) is 0.983. The molecule has 0 radical (unpaired) electrons. The topological polar surface area (TPSA) is 18.5 Å². The zero-order valence-corrected chi connectivity index (χ0v) is 12.5. The first-order chi connectivity index (χ1) is 10.3. The van der Waals surface area contributed by atoms with Crippen LogP contribution in [0.3, 0.4) is 0 Å². The lowest BCUT2D eigenvalue weighted by molar-refractivity contribution is 0.0680. The Morgan fingerprint density at radius 2 is 2.05 bits per heavy atom. The molecule has 0 aromatic heterocycles. The SMILES string of the molecule is ClCC#Cc1ccc2cc(OCC3CCCO3)ccc2c1. The van der Waals surface area contributed by atoms with Gasteiger partial charge in [0.25, 0.3) is 0 Å². The number of halogens is 1. The fraction of sp³-hybridized carbons (Fsp3) is 0.333. The highest BCUT2D eigenvalue weighted by Crippen LogP contribution is 2.23. The van der Waals surface area contributed by atoms with E-state index in [0.29, 0.717) is 12.5 Å². The highest BCUT2D eigenvalue weighted by atomic mass is 35.5. The summed E-state index contributed by atoms with van der Waals surface area (Å²) in [5, 5.41) is 2.30. The summed E-state index contributed by atoms with van der Waals surface area (Å²) >= 11 is 5.58. The molecular weight excluding hydrogens is 284 g/mol.